The summed E-state index contributed by atoms with van der Waals surface area (Å²) in [6, 6.07) is 18.9. The van der Waals surface area contributed by atoms with E-state index < -0.39 is 5.97 Å². The summed E-state index contributed by atoms with van der Waals surface area (Å²) in [5.74, 6) is 0.399. The first-order chi connectivity index (χ1) is 16.2. The van der Waals surface area contributed by atoms with E-state index >= 15 is 0 Å². The molecule has 3 aromatic carbocycles. The van der Waals surface area contributed by atoms with Gasteiger partial charge >= 0.3 is 5.97 Å². The zero-order valence-corrected chi connectivity index (χ0v) is 20.2. The Morgan fingerprint density at radius 2 is 1.59 bits per heavy atom. The number of carbonyl (C=O) groups excluding carboxylic acids is 3. The fourth-order valence-electron chi connectivity index (χ4n) is 3.62. The highest BCUT2D eigenvalue weighted by molar-refractivity contribution is 7.27. The largest absolute Gasteiger partial charge is 0.461 e. The smallest absolute Gasteiger partial charge is 0.343 e. The molecule has 0 saturated heterocycles. The molecule has 1 aliphatic heterocycles. The zero-order chi connectivity index (χ0) is 24.4. The standard InChI is InChI=1S/C27H24NO5P/c1-15(2)25(29)18-10-13-21-20(14-18)24(26(30)28-21)16(3)32-19-11-8-17(9-12-19)27(31)33-22-6-4-5-7-23(22)34/h4-15H,34H2,1-3H3,(H,28,30). The Morgan fingerprint density at radius 3 is 2.26 bits per heavy atom. The van der Waals surface area contributed by atoms with Crippen LogP contribution in [0.3, 0.4) is 0 Å². The maximum atomic E-state index is 12.6. The maximum Gasteiger partial charge on any atom is 0.343 e. The first-order valence-electron chi connectivity index (χ1n) is 10.8. The summed E-state index contributed by atoms with van der Waals surface area (Å²) in [7, 11) is 2.53. The van der Waals surface area contributed by atoms with Crippen molar-refractivity contribution >= 4 is 43.5 Å². The van der Waals surface area contributed by atoms with E-state index in [1.54, 1.807) is 61.5 Å². The second kappa shape index (κ2) is 9.62. The minimum atomic E-state index is -0.483. The van der Waals surface area contributed by atoms with Gasteiger partial charge in [-0.3, -0.25) is 9.59 Å². The molecular weight excluding hydrogens is 449 g/mol. The Hall–Kier alpha value is -3.76. The average molecular weight is 473 g/mol. The van der Waals surface area contributed by atoms with E-state index in [-0.39, 0.29) is 17.6 Å². The van der Waals surface area contributed by atoms with Crippen LogP contribution in [0, 0.1) is 5.92 Å². The predicted molar refractivity (Wildman–Crippen MR) is 135 cm³/mol. The molecule has 1 aliphatic rings. The van der Waals surface area contributed by atoms with Crippen LogP contribution in [-0.4, -0.2) is 17.7 Å². The number of esters is 1. The number of Topliss-reactive ketones (excluding diaryl/α,β-unsaturated/α-hetero) is 1. The van der Waals surface area contributed by atoms with Gasteiger partial charge in [0.15, 0.2) is 5.78 Å². The average Bonchev–Trinajstić information content (AvgIpc) is 3.15. The molecule has 4 rings (SSSR count). The summed E-state index contributed by atoms with van der Waals surface area (Å²) in [4.78, 5) is 37.5. The third-order valence-electron chi connectivity index (χ3n) is 5.41. The first kappa shape index (κ1) is 23.4. The summed E-state index contributed by atoms with van der Waals surface area (Å²) in [5.41, 5.74) is 2.55. The topological polar surface area (TPSA) is 81.7 Å². The Bertz CT molecular complexity index is 1330. The Balaban J connectivity index is 1.54. The number of amides is 1. The molecule has 0 radical (unpaired) electrons. The Kier molecular flexibility index (Phi) is 6.62. The molecule has 0 spiro atoms. The number of fused-ring (bicyclic) bond motifs is 1. The minimum Gasteiger partial charge on any atom is -0.461 e. The number of carbonyl (C=O) groups is 3. The monoisotopic (exact) mass is 473 g/mol. The Morgan fingerprint density at radius 1 is 0.912 bits per heavy atom. The van der Waals surface area contributed by atoms with Crippen LogP contribution >= 0.6 is 9.24 Å². The number of para-hydroxylation sites is 1. The molecule has 3 aromatic rings. The number of ketones is 1. The SMILES string of the molecule is CC(Oc1ccc(C(=O)Oc2ccccc2P)cc1)=C1C(=O)Nc2ccc(C(=O)C(C)C)cc21. The third kappa shape index (κ3) is 4.78. The van der Waals surface area contributed by atoms with Crippen molar-refractivity contribution in [2.45, 2.75) is 20.8 Å². The molecule has 1 amide bonds. The van der Waals surface area contributed by atoms with E-state index in [1.807, 2.05) is 26.0 Å². The van der Waals surface area contributed by atoms with Gasteiger partial charge in [0.2, 0.25) is 0 Å². The maximum absolute atomic E-state index is 12.6. The lowest BCUT2D eigenvalue weighted by atomic mass is 9.96. The van der Waals surface area contributed by atoms with E-state index in [0.29, 0.717) is 45.2 Å². The van der Waals surface area contributed by atoms with Gasteiger partial charge in [-0.25, -0.2) is 4.79 Å². The summed E-state index contributed by atoms with van der Waals surface area (Å²) >= 11 is 0. The van der Waals surface area contributed by atoms with Crippen molar-refractivity contribution in [3.05, 3.63) is 89.2 Å². The van der Waals surface area contributed by atoms with E-state index in [9.17, 15) is 14.4 Å². The quantitative estimate of drug-likeness (QED) is 0.136. The van der Waals surface area contributed by atoms with Gasteiger partial charge in [0.1, 0.15) is 17.3 Å². The Labute approximate surface area is 200 Å². The second-order valence-electron chi connectivity index (χ2n) is 8.22. The molecule has 172 valence electrons. The fraction of sp³-hybridized carbons (Fsp3) is 0.148. The molecule has 1 unspecified atom stereocenters. The lowest BCUT2D eigenvalue weighted by Crippen LogP contribution is -2.12. The normalized spacial score (nSPS) is 13.9. The lowest BCUT2D eigenvalue weighted by molar-refractivity contribution is -0.110. The summed E-state index contributed by atoms with van der Waals surface area (Å²) in [5, 5.41) is 3.59. The van der Waals surface area contributed by atoms with E-state index in [0.717, 1.165) is 5.30 Å². The molecule has 1 atom stereocenters. The molecule has 0 fully saturated rings. The van der Waals surface area contributed by atoms with Crippen molar-refractivity contribution in [2.24, 2.45) is 5.92 Å². The highest BCUT2D eigenvalue weighted by atomic mass is 31.0. The summed E-state index contributed by atoms with van der Waals surface area (Å²) in [6.07, 6.45) is 0. The van der Waals surface area contributed by atoms with Gasteiger partial charge in [-0.1, -0.05) is 32.0 Å². The number of benzene rings is 3. The zero-order valence-electron chi connectivity index (χ0n) is 19.0. The number of anilines is 1. The number of nitrogens with one attached hydrogen (secondary N) is 1. The lowest BCUT2D eigenvalue weighted by Gasteiger charge is -2.11. The van der Waals surface area contributed by atoms with Crippen LogP contribution in [-0.2, 0) is 4.79 Å². The fourth-order valence-corrected chi connectivity index (χ4v) is 3.89. The van der Waals surface area contributed by atoms with Crippen molar-refractivity contribution in [1.82, 2.24) is 0 Å². The van der Waals surface area contributed by atoms with Crippen molar-refractivity contribution in [3.63, 3.8) is 0 Å². The van der Waals surface area contributed by atoms with E-state index in [1.165, 1.54) is 0 Å². The van der Waals surface area contributed by atoms with E-state index in [4.69, 9.17) is 9.47 Å². The minimum absolute atomic E-state index is 0.00633. The van der Waals surface area contributed by atoms with Crippen molar-refractivity contribution in [2.75, 3.05) is 5.32 Å². The molecule has 7 heteroatoms. The number of ether oxygens (including phenoxy) is 2. The third-order valence-corrected chi connectivity index (χ3v) is 5.88. The van der Waals surface area contributed by atoms with Crippen LogP contribution in [0.4, 0.5) is 5.69 Å². The highest BCUT2D eigenvalue weighted by Gasteiger charge is 2.28. The molecule has 0 aromatic heterocycles. The van der Waals surface area contributed by atoms with Gasteiger partial charge in [-0.05, 0) is 55.5 Å². The molecule has 0 aliphatic carbocycles. The van der Waals surface area contributed by atoms with Gasteiger partial charge in [-0.2, -0.15) is 0 Å². The summed E-state index contributed by atoms with van der Waals surface area (Å²) in [6.45, 7) is 5.37. The van der Waals surface area contributed by atoms with Crippen LogP contribution in [0.15, 0.2) is 72.5 Å². The van der Waals surface area contributed by atoms with Crippen LogP contribution in [0.2, 0.25) is 0 Å². The van der Waals surface area contributed by atoms with Crippen molar-refractivity contribution in [1.29, 1.82) is 0 Å². The first-order valence-corrected chi connectivity index (χ1v) is 11.4. The number of allylic oxidation sites excluding steroid dienone is 1. The van der Waals surface area contributed by atoms with Gasteiger partial charge in [0.05, 0.1) is 11.1 Å². The van der Waals surface area contributed by atoms with Gasteiger partial charge < -0.3 is 14.8 Å². The molecule has 0 bridgehead atoms. The van der Waals surface area contributed by atoms with Crippen LogP contribution < -0.4 is 20.1 Å². The molecule has 1 N–H and O–H groups in total. The number of hydrogen-bond acceptors (Lipinski definition) is 5. The van der Waals surface area contributed by atoms with Crippen LogP contribution in [0.1, 0.15) is 47.1 Å². The molecule has 34 heavy (non-hydrogen) atoms. The second-order valence-corrected chi connectivity index (χ2v) is 8.84. The molecule has 1 heterocycles. The summed E-state index contributed by atoms with van der Waals surface area (Å²) < 4.78 is 11.4. The number of rotatable bonds is 6. The van der Waals surface area contributed by atoms with E-state index in [2.05, 4.69) is 14.6 Å². The van der Waals surface area contributed by atoms with Crippen molar-refractivity contribution in [3.8, 4) is 11.5 Å². The highest BCUT2D eigenvalue weighted by Crippen LogP contribution is 2.35. The van der Waals surface area contributed by atoms with Crippen molar-refractivity contribution < 1.29 is 23.9 Å². The van der Waals surface area contributed by atoms with Gasteiger partial charge in [-0.15, -0.1) is 9.24 Å². The van der Waals surface area contributed by atoms with Gasteiger partial charge in [0, 0.05) is 28.0 Å². The molecular formula is C27H24NO5P. The number of hydrogen-bond donors (Lipinski definition) is 1. The van der Waals surface area contributed by atoms with Crippen LogP contribution in [0.5, 0.6) is 11.5 Å². The van der Waals surface area contributed by atoms with Crippen LogP contribution in [0.25, 0.3) is 5.57 Å². The molecule has 0 saturated carbocycles. The predicted octanol–water partition coefficient (Wildman–Crippen LogP) is 5.01. The molecule has 6 nitrogen and oxygen atoms in total. The van der Waals surface area contributed by atoms with Gasteiger partial charge in [0.25, 0.3) is 5.91 Å².